The van der Waals surface area contributed by atoms with E-state index in [0.29, 0.717) is 10.9 Å². The second-order valence-corrected chi connectivity index (χ2v) is 9.22. The monoisotopic (exact) mass is 540 g/mol. The molecule has 38 heavy (non-hydrogen) atoms. The maximum Gasteiger partial charge on any atom is 0.129 e. The summed E-state index contributed by atoms with van der Waals surface area (Å²) in [5, 5.41) is 8.09. The van der Waals surface area contributed by atoms with E-state index in [1.807, 2.05) is 26.0 Å². The van der Waals surface area contributed by atoms with E-state index >= 15 is 0 Å². The molecule has 0 amide bonds. The first-order valence-electron chi connectivity index (χ1n) is 13.3. The Morgan fingerprint density at radius 3 is 1.87 bits per heavy atom. The maximum atomic E-state index is 7.61. The Kier molecular flexibility index (Phi) is 15.8. The van der Waals surface area contributed by atoms with Gasteiger partial charge in [-0.2, -0.15) is 0 Å². The number of hydrogen-bond acceptors (Lipinski definition) is 5. The molecule has 5 nitrogen and oxygen atoms in total. The van der Waals surface area contributed by atoms with Crippen molar-refractivity contribution in [2.24, 2.45) is 0 Å². The van der Waals surface area contributed by atoms with Gasteiger partial charge < -0.3 is 19.6 Å². The predicted molar refractivity (Wildman–Crippen MR) is 161 cm³/mol. The van der Waals surface area contributed by atoms with Gasteiger partial charge in [0.1, 0.15) is 22.4 Å². The molecular formula is C32H45ClN2O3. The third kappa shape index (κ3) is 10.7. The first-order chi connectivity index (χ1) is 18.3. The molecule has 0 saturated heterocycles. The standard InChI is InChI=1S/C12H18O.C11H16O2.C9H11ClN2/c1-4-6-11-8-7-10(5-2)9-12(11)13-3;1-4-5-9-6-7-10(12-2)8-11(9)13-3;1-3-8(11)7-5-12-9(10)4-6(7)2/h7-9H,4-6H2,1-3H3;6-8H,4-5H2,1-3H3;4-5,11H,3H2,1-2H3. The van der Waals surface area contributed by atoms with Gasteiger partial charge in [0.05, 0.1) is 21.3 Å². The number of aromatic nitrogens is 1. The van der Waals surface area contributed by atoms with E-state index < -0.39 is 0 Å². The number of methoxy groups -OCH3 is 3. The fourth-order valence-corrected chi connectivity index (χ4v) is 4.05. The summed E-state index contributed by atoms with van der Waals surface area (Å²) in [6.07, 6.45) is 7.90. The van der Waals surface area contributed by atoms with Gasteiger partial charge in [-0.25, -0.2) is 4.98 Å². The van der Waals surface area contributed by atoms with Crippen LogP contribution in [0.2, 0.25) is 5.15 Å². The second kappa shape index (κ2) is 18.2. The molecule has 1 heterocycles. The normalized spacial score (nSPS) is 9.92. The molecule has 0 fully saturated rings. The van der Waals surface area contributed by atoms with Crippen molar-refractivity contribution in [1.29, 1.82) is 5.41 Å². The first kappa shape index (κ1) is 33.0. The molecule has 0 aliphatic carbocycles. The average molecular weight is 541 g/mol. The van der Waals surface area contributed by atoms with Gasteiger partial charge in [0.15, 0.2) is 0 Å². The number of pyridine rings is 1. The van der Waals surface area contributed by atoms with Crippen LogP contribution in [0.25, 0.3) is 0 Å². The highest BCUT2D eigenvalue weighted by Gasteiger charge is 2.05. The van der Waals surface area contributed by atoms with Gasteiger partial charge in [-0.05, 0) is 73.1 Å². The van der Waals surface area contributed by atoms with Crippen LogP contribution >= 0.6 is 11.6 Å². The summed E-state index contributed by atoms with van der Waals surface area (Å²) in [5.41, 5.74) is 6.42. The maximum absolute atomic E-state index is 7.61. The molecule has 6 heteroatoms. The molecule has 0 radical (unpaired) electrons. The molecule has 2 aromatic carbocycles. The van der Waals surface area contributed by atoms with Crippen molar-refractivity contribution in [3.63, 3.8) is 0 Å². The fourth-order valence-electron chi connectivity index (χ4n) is 3.84. The summed E-state index contributed by atoms with van der Waals surface area (Å²) in [4.78, 5) is 3.93. The number of ether oxygens (including phenoxy) is 3. The minimum absolute atomic E-state index is 0.486. The Bertz CT molecular complexity index is 1070. The van der Waals surface area contributed by atoms with Gasteiger partial charge in [-0.3, -0.25) is 0 Å². The Labute approximate surface area is 235 Å². The predicted octanol–water partition coefficient (Wildman–Crippen LogP) is 8.69. The molecule has 0 spiro atoms. The lowest BCUT2D eigenvalue weighted by atomic mass is 10.1. The van der Waals surface area contributed by atoms with E-state index in [-0.39, 0.29) is 0 Å². The molecule has 0 aliphatic heterocycles. The molecule has 3 rings (SSSR count). The van der Waals surface area contributed by atoms with Crippen LogP contribution in [0.5, 0.6) is 17.2 Å². The van der Waals surface area contributed by atoms with Crippen LogP contribution < -0.4 is 14.2 Å². The zero-order valence-electron chi connectivity index (χ0n) is 24.4. The van der Waals surface area contributed by atoms with Crippen LogP contribution in [-0.4, -0.2) is 32.0 Å². The van der Waals surface area contributed by atoms with E-state index in [1.165, 1.54) is 23.1 Å². The zero-order valence-corrected chi connectivity index (χ0v) is 25.2. The largest absolute Gasteiger partial charge is 0.497 e. The molecule has 3 aromatic rings. The smallest absolute Gasteiger partial charge is 0.129 e. The Morgan fingerprint density at radius 2 is 1.39 bits per heavy atom. The summed E-state index contributed by atoms with van der Waals surface area (Å²) in [7, 11) is 5.09. The molecule has 1 aromatic heterocycles. The Balaban J connectivity index is 0.000000285. The number of benzene rings is 2. The lowest BCUT2D eigenvalue weighted by Gasteiger charge is -2.08. The van der Waals surface area contributed by atoms with E-state index in [9.17, 15) is 0 Å². The summed E-state index contributed by atoms with van der Waals surface area (Å²) >= 11 is 5.68. The quantitative estimate of drug-likeness (QED) is 0.206. The summed E-state index contributed by atoms with van der Waals surface area (Å²) < 4.78 is 15.7. The molecule has 208 valence electrons. The number of halogens is 1. The highest BCUT2D eigenvalue weighted by atomic mass is 35.5. The second-order valence-electron chi connectivity index (χ2n) is 8.83. The number of nitrogens with zero attached hydrogens (tertiary/aromatic N) is 1. The van der Waals surface area contributed by atoms with E-state index in [2.05, 4.69) is 50.0 Å². The molecule has 0 bridgehead atoms. The zero-order chi connectivity index (χ0) is 28.5. The minimum Gasteiger partial charge on any atom is -0.497 e. The van der Waals surface area contributed by atoms with Crippen LogP contribution in [0, 0.1) is 12.3 Å². The van der Waals surface area contributed by atoms with E-state index in [0.717, 1.165) is 60.5 Å². The van der Waals surface area contributed by atoms with Crippen molar-refractivity contribution < 1.29 is 14.2 Å². The van der Waals surface area contributed by atoms with Crippen LogP contribution in [0.3, 0.4) is 0 Å². The van der Waals surface area contributed by atoms with Crippen molar-refractivity contribution in [2.75, 3.05) is 21.3 Å². The SMILES string of the molecule is CCC(=N)c1cnc(Cl)cc1C.CCCc1ccc(CC)cc1OC.CCCc1ccc(OC)cc1OC. The summed E-state index contributed by atoms with van der Waals surface area (Å²) in [5.74, 6) is 2.80. The van der Waals surface area contributed by atoms with Gasteiger partial charge in [0, 0.05) is 23.5 Å². The summed E-state index contributed by atoms with van der Waals surface area (Å²) in [6, 6.07) is 14.2. The van der Waals surface area contributed by atoms with Crippen molar-refractivity contribution in [3.8, 4) is 17.2 Å². The van der Waals surface area contributed by atoms with Crippen LogP contribution in [0.15, 0.2) is 48.7 Å². The van der Waals surface area contributed by atoms with Crippen LogP contribution in [-0.2, 0) is 19.3 Å². The summed E-state index contributed by atoms with van der Waals surface area (Å²) in [6.45, 7) is 10.4. The number of hydrogen-bond donors (Lipinski definition) is 1. The lowest BCUT2D eigenvalue weighted by Crippen LogP contribution is -2.00. The number of aryl methyl sites for hydroxylation is 4. The third-order valence-electron chi connectivity index (χ3n) is 6.05. The molecule has 0 atom stereocenters. The molecule has 0 aliphatic rings. The van der Waals surface area contributed by atoms with E-state index in [4.69, 9.17) is 31.2 Å². The molecule has 1 N–H and O–H groups in total. The average Bonchev–Trinajstić information content (AvgIpc) is 2.94. The number of rotatable bonds is 10. The Hall–Kier alpha value is -3.05. The van der Waals surface area contributed by atoms with Crippen molar-refractivity contribution in [1.82, 2.24) is 4.98 Å². The van der Waals surface area contributed by atoms with Gasteiger partial charge in [0.2, 0.25) is 0 Å². The Morgan fingerprint density at radius 1 is 0.816 bits per heavy atom. The van der Waals surface area contributed by atoms with Crippen molar-refractivity contribution in [3.05, 3.63) is 81.6 Å². The molecule has 0 unspecified atom stereocenters. The fraction of sp³-hybridized carbons (Fsp3) is 0.438. The minimum atomic E-state index is 0.486. The highest BCUT2D eigenvalue weighted by Crippen LogP contribution is 2.25. The molecular weight excluding hydrogens is 496 g/mol. The van der Waals surface area contributed by atoms with Crippen molar-refractivity contribution in [2.45, 2.75) is 73.1 Å². The number of nitrogens with one attached hydrogen (secondary N) is 1. The third-order valence-corrected chi connectivity index (χ3v) is 6.26. The van der Waals surface area contributed by atoms with Crippen molar-refractivity contribution >= 4 is 17.3 Å². The van der Waals surface area contributed by atoms with E-state index in [1.54, 1.807) is 33.6 Å². The van der Waals surface area contributed by atoms with Gasteiger partial charge in [0.25, 0.3) is 0 Å². The first-order valence-corrected chi connectivity index (χ1v) is 13.7. The van der Waals surface area contributed by atoms with Gasteiger partial charge in [-0.15, -0.1) is 0 Å². The highest BCUT2D eigenvalue weighted by molar-refractivity contribution is 6.29. The van der Waals surface area contributed by atoms with Crippen LogP contribution in [0.4, 0.5) is 0 Å². The van der Waals surface area contributed by atoms with Crippen LogP contribution in [0.1, 0.15) is 74.8 Å². The van der Waals surface area contributed by atoms with Gasteiger partial charge in [-0.1, -0.05) is 70.3 Å². The molecule has 0 saturated carbocycles. The topological polar surface area (TPSA) is 64.4 Å². The van der Waals surface area contributed by atoms with Gasteiger partial charge >= 0.3 is 0 Å². The lowest BCUT2D eigenvalue weighted by molar-refractivity contribution is 0.391.